The molecule has 7 heteroatoms. The van der Waals surface area contributed by atoms with Crippen LogP contribution in [0.25, 0.3) is 11.1 Å². The van der Waals surface area contributed by atoms with Gasteiger partial charge in [0.05, 0.1) is 6.61 Å². The van der Waals surface area contributed by atoms with Crippen LogP contribution in [-0.2, 0) is 22.4 Å². The van der Waals surface area contributed by atoms with E-state index in [1.807, 2.05) is 0 Å². The molecular formula is C24H20F4O3. The van der Waals surface area contributed by atoms with Gasteiger partial charge in [-0.1, -0.05) is 18.2 Å². The van der Waals surface area contributed by atoms with Gasteiger partial charge in [-0.15, -0.1) is 0 Å². The van der Waals surface area contributed by atoms with Crippen molar-refractivity contribution in [1.82, 2.24) is 0 Å². The Hall–Kier alpha value is -3.35. The lowest BCUT2D eigenvalue weighted by atomic mass is 9.98. The number of aryl methyl sites for hydroxylation is 1. The molecule has 0 saturated carbocycles. The van der Waals surface area contributed by atoms with E-state index in [4.69, 9.17) is 9.47 Å². The molecule has 0 heterocycles. The zero-order valence-corrected chi connectivity index (χ0v) is 16.8. The van der Waals surface area contributed by atoms with Gasteiger partial charge in [-0.2, -0.15) is 0 Å². The van der Waals surface area contributed by atoms with Crippen LogP contribution in [0.2, 0.25) is 0 Å². The predicted octanol–water partition coefficient (Wildman–Crippen LogP) is 5.64. The lowest BCUT2D eigenvalue weighted by Crippen LogP contribution is -2.15. The Balaban J connectivity index is 1.78. The van der Waals surface area contributed by atoms with Gasteiger partial charge in [-0.3, -0.25) is 0 Å². The van der Waals surface area contributed by atoms with E-state index in [1.54, 1.807) is 19.1 Å². The van der Waals surface area contributed by atoms with E-state index in [0.717, 1.165) is 12.1 Å². The molecule has 0 saturated heterocycles. The van der Waals surface area contributed by atoms with E-state index in [0.29, 0.717) is 11.1 Å². The summed E-state index contributed by atoms with van der Waals surface area (Å²) in [6.45, 7) is 1.26. The number of esters is 1. The number of halogens is 4. The predicted molar refractivity (Wildman–Crippen MR) is 108 cm³/mol. The van der Waals surface area contributed by atoms with Gasteiger partial charge < -0.3 is 9.47 Å². The third-order valence-electron chi connectivity index (χ3n) is 4.65. The molecule has 0 aliphatic carbocycles. The molecule has 162 valence electrons. The molecular weight excluding hydrogens is 412 g/mol. The second kappa shape index (κ2) is 10.1. The summed E-state index contributed by atoms with van der Waals surface area (Å²) in [4.78, 5) is 11.4. The molecule has 0 spiro atoms. The standard InChI is InChI=1S/C24H20F4O3/c1-2-30-23(29)14-31-22-11-10-21(27)19(24(22)28)8-6-17-12-16(7-9-20(17)26)15-4-3-5-18(25)13-15/h3-5,7,9-13H,2,6,8,14H2,1H3. The van der Waals surface area contributed by atoms with Crippen LogP contribution >= 0.6 is 0 Å². The topological polar surface area (TPSA) is 35.5 Å². The second-order valence-corrected chi connectivity index (χ2v) is 6.75. The van der Waals surface area contributed by atoms with Crippen molar-refractivity contribution in [2.24, 2.45) is 0 Å². The first-order chi connectivity index (χ1) is 14.9. The molecule has 0 aliphatic rings. The smallest absolute Gasteiger partial charge is 0.344 e. The Morgan fingerprint density at radius 2 is 1.61 bits per heavy atom. The first kappa shape index (κ1) is 22.3. The summed E-state index contributed by atoms with van der Waals surface area (Å²) < 4.78 is 66.5. The fourth-order valence-electron chi connectivity index (χ4n) is 3.13. The van der Waals surface area contributed by atoms with Crippen molar-refractivity contribution in [2.45, 2.75) is 19.8 Å². The maximum atomic E-state index is 14.7. The van der Waals surface area contributed by atoms with Gasteiger partial charge in [-0.25, -0.2) is 22.4 Å². The summed E-state index contributed by atoms with van der Waals surface area (Å²) in [5, 5.41) is 0. The third-order valence-corrected chi connectivity index (χ3v) is 4.65. The second-order valence-electron chi connectivity index (χ2n) is 6.75. The highest BCUT2D eigenvalue weighted by molar-refractivity contribution is 5.71. The third kappa shape index (κ3) is 5.63. The van der Waals surface area contributed by atoms with Crippen molar-refractivity contribution < 1.29 is 31.8 Å². The van der Waals surface area contributed by atoms with Crippen molar-refractivity contribution >= 4 is 5.97 Å². The molecule has 31 heavy (non-hydrogen) atoms. The van der Waals surface area contributed by atoms with Crippen LogP contribution in [0.15, 0.2) is 54.6 Å². The molecule has 0 amide bonds. The first-order valence-electron chi connectivity index (χ1n) is 9.68. The van der Waals surface area contributed by atoms with Crippen LogP contribution in [0.3, 0.4) is 0 Å². The normalized spacial score (nSPS) is 10.7. The quantitative estimate of drug-likeness (QED) is 0.342. The zero-order chi connectivity index (χ0) is 22.4. The van der Waals surface area contributed by atoms with E-state index in [9.17, 15) is 22.4 Å². The van der Waals surface area contributed by atoms with Crippen LogP contribution in [-0.4, -0.2) is 19.2 Å². The van der Waals surface area contributed by atoms with Gasteiger partial charge in [0, 0.05) is 5.56 Å². The Kier molecular flexibility index (Phi) is 7.28. The molecule has 0 radical (unpaired) electrons. The lowest BCUT2D eigenvalue weighted by molar-refractivity contribution is -0.145. The summed E-state index contributed by atoms with van der Waals surface area (Å²) in [5.74, 6) is -3.68. The molecule has 0 fully saturated rings. The number of rotatable bonds is 8. The highest BCUT2D eigenvalue weighted by Gasteiger charge is 2.17. The van der Waals surface area contributed by atoms with Gasteiger partial charge in [-0.05, 0) is 72.9 Å². The van der Waals surface area contributed by atoms with Crippen LogP contribution in [0, 0.1) is 23.3 Å². The summed E-state index contributed by atoms with van der Waals surface area (Å²) in [5.41, 5.74) is 1.10. The fourth-order valence-corrected chi connectivity index (χ4v) is 3.13. The lowest BCUT2D eigenvalue weighted by Gasteiger charge is -2.12. The van der Waals surface area contributed by atoms with E-state index in [1.165, 1.54) is 30.3 Å². The van der Waals surface area contributed by atoms with Crippen molar-refractivity contribution in [2.75, 3.05) is 13.2 Å². The average molecular weight is 432 g/mol. The molecule has 3 nitrogen and oxygen atoms in total. The number of benzene rings is 3. The minimum atomic E-state index is -0.953. The molecule has 0 N–H and O–H groups in total. The van der Waals surface area contributed by atoms with Crippen LogP contribution in [0.4, 0.5) is 17.6 Å². The Morgan fingerprint density at radius 1 is 0.871 bits per heavy atom. The summed E-state index contributed by atoms with van der Waals surface area (Å²) in [6.07, 6.45) is -0.137. The highest BCUT2D eigenvalue weighted by Crippen LogP contribution is 2.27. The molecule has 0 aliphatic heterocycles. The van der Waals surface area contributed by atoms with Crippen molar-refractivity contribution in [3.8, 4) is 16.9 Å². The summed E-state index contributed by atoms with van der Waals surface area (Å²) in [7, 11) is 0. The molecule has 0 aromatic heterocycles. The number of carbonyl (C=O) groups excluding carboxylic acids is 1. The van der Waals surface area contributed by atoms with Crippen LogP contribution < -0.4 is 4.74 Å². The Morgan fingerprint density at radius 3 is 2.35 bits per heavy atom. The van der Waals surface area contributed by atoms with Crippen molar-refractivity contribution in [3.63, 3.8) is 0 Å². The number of carbonyl (C=O) groups is 1. The minimum absolute atomic E-state index is 0.00413. The van der Waals surface area contributed by atoms with Gasteiger partial charge in [0.15, 0.2) is 18.2 Å². The molecule has 3 aromatic carbocycles. The molecule has 3 rings (SSSR count). The SMILES string of the molecule is CCOC(=O)COc1ccc(F)c(CCc2cc(-c3cccc(F)c3)ccc2F)c1F. The number of ether oxygens (including phenoxy) is 2. The molecule has 3 aromatic rings. The van der Waals surface area contributed by atoms with Crippen LogP contribution in [0.5, 0.6) is 5.75 Å². The van der Waals surface area contributed by atoms with Crippen molar-refractivity contribution in [3.05, 3.63) is 89.0 Å². The van der Waals surface area contributed by atoms with Gasteiger partial charge in [0.1, 0.15) is 17.5 Å². The van der Waals surface area contributed by atoms with Crippen molar-refractivity contribution in [1.29, 1.82) is 0 Å². The maximum absolute atomic E-state index is 14.7. The first-order valence-corrected chi connectivity index (χ1v) is 9.68. The summed E-state index contributed by atoms with van der Waals surface area (Å²) in [6, 6.07) is 12.2. The zero-order valence-electron chi connectivity index (χ0n) is 16.8. The Labute approximate surface area is 177 Å². The van der Waals surface area contributed by atoms with Crippen LogP contribution in [0.1, 0.15) is 18.1 Å². The maximum Gasteiger partial charge on any atom is 0.344 e. The largest absolute Gasteiger partial charge is 0.479 e. The number of hydrogen-bond acceptors (Lipinski definition) is 3. The van der Waals surface area contributed by atoms with E-state index >= 15 is 0 Å². The van der Waals surface area contributed by atoms with E-state index in [-0.39, 0.29) is 36.3 Å². The fraction of sp³-hybridized carbons (Fsp3) is 0.208. The monoisotopic (exact) mass is 432 g/mol. The average Bonchev–Trinajstić information content (AvgIpc) is 2.74. The molecule has 0 unspecified atom stereocenters. The highest BCUT2D eigenvalue weighted by atomic mass is 19.1. The molecule has 0 atom stereocenters. The van der Waals surface area contributed by atoms with Gasteiger partial charge in [0.2, 0.25) is 0 Å². The molecule has 0 bridgehead atoms. The van der Waals surface area contributed by atoms with Gasteiger partial charge >= 0.3 is 5.97 Å². The van der Waals surface area contributed by atoms with E-state index < -0.39 is 35.8 Å². The summed E-state index contributed by atoms with van der Waals surface area (Å²) >= 11 is 0. The van der Waals surface area contributed by atoms with E-state index in [2.05, 4.69) is 0 Å². The number of hydrogen-bond donors (Lipinski definition) is 0. The minimum Gasteiger partial charge on any atom is -0.479 e. The van der Waals surface area contributed by atoms with Gasteiger partial charge in [0.25, 0.3) is 0 Å². The Bertz CT molecular complexity index is 1080.